The molecule has 0 spiro atoms. The van der Waals surface area contributed by atoms with Crippen molar-refractivity contribution in [2.45, 2.75) is 25.5 Å². The van der Waals surface area contributed by atoms with Crippen LogP contribution in [-0.2, 0) is 9.59 Å². The van der Waals surface area contributed by atoms with Crippen LogP contribution in [0.1, 0.15) is 40.6 Å². The topological polar surface area (TPSA) is 58.9 Å². The van der Waals surface area contributed by atoms with Gasteiger partial charge in [-0.05, 0) is 12.7 Å². The second-order valence-corrected chi connectivity index (χ2v) is 1.18. The Morgan fingerprint density at radius 2 is 1.67 bits per heavy atom. The van der Waals surface area contributed by atoms with E-state index in [1.165, 1.54) is 0 Å². The summed E-state index contributed by atoms with van der Waals surface area (Å²) in [6.45, 7) is -6.06. The van der Waals surface area contributed by atoms with E-state index in [0.717, 1.165) is 6.08 Å². The molecule has 1 unspecified atom stereocenters. The highest BCUT2D eigenvalue weighted by atomic mass is 16.1. The Bertz CT molecular complexity index is 548. The molecule has 0 aliphatic carbocycles. The molecule has 4 heteroatoms. The number of hydrogen-bond acceptors (Lipinski definition) is 4. The molecule has 1 atom stereocenters. The van der Waals surface area contributed by atoms with Gasteiger partial charge >= 0.3 is 0 Å². The lowest BCUT2D eigenvalue weighted by atomic mass is 10.2. The second kappa shape index (κ2) is 9.76. The zero-order valence-corrected chi connectivity index (χ0v) is 5.79. The lowest BCUT2D eigenvalue weighted by Gasteiger charge is -1.93. The van der Waals surface area contributed by atoms with Crippen LogP contribution >= 0.6 is 0 Å². The van der Waals surface area contributed by atoms with Gasteiger partial charge in [-0.3, -0.25) is 0 Å². The second-order valence-electron chi connectivity index (χ2n) is 1.18. The zero-order chi connectivity index (χ0) is 18.9. The molecule has 0 radical (unpaired) electrons. The first-order chi connectivity index (χ1) is 10.0. The van der Waals surface area contributed by atoms with E-state index in [4.69, 9.17) is 15.1 Å². The van der Waals surface area contributed by atoms with E-state index in [-0.39, 0.29) is 0 Å². The molecule has 0 saturated heterocycles. The summed E-state index contributed by atoms with van der Waals surface area (Å²) in [6, 6.07) is 0. The van der Waals surface area contributed by atoms with Gasteiger partial charge in [-0.25, -0.2) is 19.6 Å². The summed E-state index contributed by atoms with van der Waals surface area (Å²) in [4.78, 5) is 25.3. The maximum atomic E-state index is 10.2. The summed E-state index contributed by atoms with van der Waals surface area (Å²) in [5.74, 6) is 0. The highest BCUT2D eigenvalue weighted by Crippen LogP contribution is 1.99. The Morgan fingerprint density at radius 3 is 2.33 bits per heavy atom. The average Bonchev–Trinajstić information content (AvgIpc) is 2.37. The molecule has 0 heterocycles. The molecule has 0 saturated carbocycles. The van der Waals surface area contributed by atoms with Gasteiger partial charge in [0.15, 0.2) is 0 Å². The van der Waals surface area contributed by atoms with Gasteiger partial charge in [0.25, 0.3) is 0 Å². The third-order valence-corrected chi connectivity index (χ3v) is 0.536. The lowest BCUT2D eigenvalue weighted by molar-refractivity contribution is 0.558. The Hall–Kier alpha value is -1.24. The number of isocyanates is 2. The Balaban J connectivity index is 6.26. The summed E-state index contributed by atoms with van der Waals surface area (Å²) >= 11 is 0. The van der Waals surface area contributed by atoms with Crippen molar-refractivity contribution < 1.29 is 24.7 Å². The maximum absolute atomic E-state index is 10.2. The summed E-state index contributed by atoms with van der Waals surface area (Å²) in [6.07, 6.45) is -13.6. The molecule has 0 aromatic heterocycles. The van der Waals surface area contributed by atoms with Crippen molar-refractivity contribution in [2.24, 2.45) is 9.98 Å². The molecule has 0 aromatic carbocycles. The van der Waals surface area contributed by atoms with Crippen molar-refractivity contribution in [3.63, 3.8) is 0 Å². The molecule has 0 aliphatic heterocycles. The van der Waals surface area contributed by atoms with Crippen LogP contribution in [0.4, 0.5) is 0 Å². The molecular weight excluding hydrogens is 156 g/mol. The van der Waals surface area contributed by atoms with Gasteiger partial charge in [-0.2, -0.15) is 0 Å². The van der Waals surface area contributed by atoms with Crippen molar-refractivity contribution in [3.8, 4) is 0 Å². The minimum Gasteiger partial charge on any atom is -0.211 e. The molecule has 4 nitrogen and oxygen atoms in total. The Morgan fingerprint density at radius 1 is 1.00 bits per heavy atom. The molecule has 12 heavy (non-hydrogen) atoms. The van der Waals surface area contributed by atoms with Gasteiger partial charge in [0.2, 0.25) is 12.2 Å². The summed E-state index contributed by atoms with van der Waals surface area (Å²) in [5, 5.41) is 0. The van der Waals surface area contributed by atoms with Crippen LogP contribution in [0, 0.1) is 0 Å². The smallest absolute Gasteiger partial charge is 0.211 e. The molecule has 0 fully saturated rings. The highest BCUT2D eigenvalue weighted by molar-refractivity contribution is 5.32. The van der Waals surface area contributed by atoms with E-state index >= 15 is 0 Å². The monoisotopic (exact) mass is 179 g/mol. The number of nitrogens with zero attached hydrogens (tertiary/aromatic N) is 2. The van der Waals surface area contributed by atoms with Crippen LogP contribution in [-0.4, -0.2) is 25.2 Å². The first-order valence-electron chi connectivity index (χ1n) is 8.20. The van der Waals surface area contributed by atoms with Gasteiger partial charge in [-0.1, -0.05) is 12.7 Å². The average molecular weight is 179 g/mol. The summed E-state index contributed by atoms with van der Waals surface area (Å²) < 4.78 is 81.9. The number of aliphatic imine (C=N–C) groups is 2. The standard InChI is InChI=1S/C8H12N2O2/c11-7-9-5-3-1-2-4-6-10-8-12/h1-6H2/i1D2,2D2,3D2,4D2,5D,6D2. The van der Waals surface area contributed by atoms with Crippen LogP contribution in [0.5, 0.6) is 0 Å². The van der Waals surface area contributed by atoms with E-state index in [2.05, 4.69) is 9.98 Å². The Labute approximate surface area is 86.9 Å². The quantitative estimate of drug-likeness (QED) is 0.436. The fraction of sp³-hybridized carbons (Fsp3) is 0.750. The van der Waals surface area contributed by atoms with Crippen molar-refractivity contribution in [3.05, 3.63) is 0 Å². The van der Waals surface area contributed by atoms with E-state index < -0.39 is 38.5 Å². The van der Waals surface area contributed by atoms with Gasteiger partial charge in [0, 0.05) is 11.0 Å². The molecular formula is C8H12N2O2. The van der Waals surface area contributed by atoms with Crippen LogP contribution in [0.25, 0.3) is 0 Å². The van der Waals surface area contributed by atoms with Crippen molar-refractivity contribution in [1.29, 1.82) is 0 Å². The van der Waals surface area contributed by atoms with E-state index in [1.54, 1.807) is 0 Å². The normalized spacial score (nSPS) is 30.5. The fourth-order valence-corrected chi connectivity index (χ4v) is 0.237. The Kier molecular flexibility index (Phi) is 1.93. The molecule has 0 bridgehead atoms. The van der Waals surface area contributed by atoms with Crippen LogP contribution in [0.2, 0.25) is 0 Å². The fourth-order valence-electron chi connectivity index (χ4n) is 0.237. The minimum atomic E-state index is -3.93. The van der Waals surface area contributed by atoms with Crippen molar-refractivity contribution in [1.82, 2.24) is 0 Å². The predicted molar refractivity (Wildman–Crippen MR) is 44.4 cm³/mol. The predicted octanol–water partition coefficient (Wildman–Crippen LogP) is 1.22. The maximum Gasteiger partial charge on any atom is 0.234 e. The van der Waals surface area contributed by atoms with E-state index in [1.807, 2.05) is 0 Å². The van der Waals surface area contributed by atoms with Gasteiger partial charge < -0.3 is 0 Å². The lowest BCUT2D eigenvalue weighted by Crippen LogP contribution is -1.84. The first kappa shape index (κ1) is 2.38. The van der Waals surface area contributed by atoms with Gasteiger partial charge in [0.05, 0.1) is 17.1 Å². The van der Waals surface area contributed by atoms with Crippen LogP contribution < -0.4 is 0 Å². The SMILES string of the molecule is [2H]C(N=C=O)C([2H])([2H])C([2H])([2H])C([2H])([2H])C([2H])([2H])C([2H])([2H])N=C=O. The zero-order valence-electron chi connectivity index (χ0n) is 16.8. The van der Waals surface area contributed by atoms with Crippen LogP contribution in [0.3, 0.4) is 0 Å². The molecule has 0 aromatic rings. The van der Waals surface area contributed by atoms with Crippen LogP contribution in [0.15, 0.2) is 9.98 Å². The number of hydrogen-bond donors (Lipinski definition) is 0. The third-order valence-electron chi connectivity index (χ3n) is 0.536. The number of carbonyl (C=O) groups excluding carboxylic acids is 2. The summed E-state index contributed by atoms with van der Waals surface area (Å²) in [7, 11) is 0. The molecule has 0 N–H and O–H groups in total. The molecule has 66 valence electrons. The minimum absolute atomic E-state index is 0.690. The first-order valence-corrected chi connectivity index (χ1v) is 2.63. The highest BCUT2D eigenvalue weighted by Gasteiger charge is 1.87. The summed E-state index contributed by atoms with van der Waals surface area (Å²) in [5.41, 5.74) is 0. The van der Waals surface area contributed by atoms with Crippen molar-refractivity contribution >= 4 is 12.2 Å². The molecule has 0 aliphatic rings. The van der Waals surface area contributed by atoms with E-state index in [9.17, 15) is 9.59 Å². The van der Waals surface area contributed by atoms with Gasteiger partial charge in [-0.15, -0.1) is 0 Å². The largest absolute Gasteiger partial charge is 0.234 e. The number of rotatable bonds is 7. The van der Waals surface area contributed by atoms with Gasteiger partial charge in [0.1, 0.15) is 0 Å². The molecule has 0 amide bonds. The third kappa shape index (κ3) is 8.76. The van der Waals surface area contributed by atoms with E-state index in [0.29, 0.717) is 6.08 Å². The van der Waals surface area contributed by atoms with Crippen molar-refractivity contribution in [2.75, 3.05) is 13.0 Å². The molecule has 0 rings (SSSR count).